The van der Waals surface area contributed by atoms with E-state index in [0.717, 1.165) is 0 Å². The molecule has 2 amide bonds. The first-order valence-electron chi connectivity index (χ1n) is 12.8. The van der Waals surface area contributed by atoms with Gasteiger partial charge in [-0.05, 0) is 44.2 Å². The van der Waals surface area contributed by atoms with Gasteiger partial charge in [-0.1, -0.05) is 23.7 Å². The van der Waals surface area contributed by atoms with Gasteiger partial charge in [-0.25, -0.2) is 22.0 Å². The highest BCUT2D eigenvalue weighted by atomic mass is 35.5. The number of nitriles is 1. The van der Waals surface area contributed by atoms with Gasteiger partial charge >= 0.3 is 6.09 Å². The second-order valence-electron chi connectivity index (χ2n) is 10.6. The molecule has 1 unspecified atom stereocenters. The van der Waals surface area contributed by atoms with Gasteiger partial charge in [0.25, 0.3) is 0 Å². The summed E-state index contributed by atoms with van der Waals surface area (Å²) in [4.78, 5) is 29.4. The molecule has 4 aliphatic rings. The van der Waals surface area contributed by atoms with Crippen LogP contribution in [0.1, 0.15) is 51.4 Å². The van der Waals surface area contributed by atoms with Gasteiger partial charge < -0.3 is 15.0 Å². The number of ether oxygens (including phenoxy) is 1. The summed E-state index contributed by atoms with van der Waals surface area (Å²) >= 11 is 6.16. The first kappa shape index (κ1) is 27.1. The second kappa shape index (κ2) is 9.92. The molecule has 0 spiro atoms. The van der Waals surface area contributed by atoms with Crippen molar-refractivity contribution in [1.82, 2.24) is 15.1 Å². The second-order valence-corrected chi connectivity index (χ2v) is 13.2. The number of likely N-dealkylation sites (tertiary alicyclic amines) is 2. The fourth-order valence-corrected chi connectivity index (χ4v) is 7.78. The fourth-order valence-electron chi connectivity index (χ4n) is 5.58. The van der Waals surface area contributed by atoms with Crippen LogP contribution in [0.25, 0.3) is 0 Å². The standard InChI is InChI=1S/C25H29ClF2N4O5S/c26-18-3-1-2-4-20(18)38(35,36)17-13-21(37-23(34)30-24(15-29)10-11-24)32(14-17)22(33)19-7-12-31(19)16-5-8-25(27,28)9-6-16/h1-4,16-17,19,21H,5-14H2,(H,30,34)/t17-,19?,21+/m1/s1. The number of benzene rings is 1. The van der Waals surface area contributed by atoms with Crippen LogP contribution in [-0.2, 0) is 19.4 Å². The predicted octanol–water partition coefficient (Wildman–Crippen LogP) is 3.48. The number of nitrogens with zero attached hydrogens (tertiary/aromatic N) is 3. The summed E-state index contributed by atoms with van der Waals surface area (Å²) in [5.74, 6) is -3.09. The normalized spacial score (nSPS) is 28.7. The van der Waals surface area contributed by atoms with Crippen LogP contribution in [0.5, 0.6) is 0 Å². The van der Waals surface area contributed by atoms with Crippen molar-refractivity contribution in [1.29, 1.82) is 5.26 Å². The van der Waals surface area contributed by atoms with Crippen LogP contribution in [0.3, 0.4) is 0 Å². The quantitative estimate of drug-likeness (QED) is 0.556. The molecule has 3 atom stereocenters. The van der Waals surface area contributed by atoms with Gasteiger partial charge in [-0.3, -0.25) is 9.69 Å². The van der Waals surface area contributed by atoms with E-state index in [0.29, 0.717) is 25.8 Å². The lowest BCUT2D eigenvalue weighted by atomic mass is 9.87. The third kappa shape index (κ3) is 5.20. The summed E-state index contributed by atoms with van der Waals surface area (Å²) in [6.07, 6.45) is -0.681. The van der Waals surface area contributed by atoms with Crippen LogP contribution in [0.2, 0.25) is 5.02 Å². The number of nitrogens with one attached hydrogen (secondary N) is 1. The Morgan fingerprint density at radius 3 is 2.39 bits per heavy atom. The Hall–Kier alpha value is -2.49. The Labute approximate surface area is 225 Å². The number of carbonyl (C=O) groups is 2. The summed E-state index contributed by atoms with van der Waals surface area (Å²) in [5, 5.41) is 10.8. The van der Waals surface area contributed by atoms with Crippen molar-refractivity contribution >= 4 is 33.4 Å². The molecule has 0 aromatic heterocycles. The molecule has 206 valence electrons. The maximum atomic E-state index is 13.7. The Bertz CT molecular complexity index is 1260. The molecule has 38 heavy (non-hydrogen) atoms. The molecule has 13 heteroatoms. The Morgan fingerprint density at radius 1 is 1.13 bits per heavy atom. The van der Waals surface area contributed by atoms with Crippen molar-refractivity contribution in [2.24, 2.45) is 0 Å². The molecule has 2 saturated carbocycles. The minimum atomic E-state index is -3.98. The maximum absolute atomic E-state index is 13.7. The van der Waals surface area contributed by atoms with E-state index < -0.39 is 50.8 Å². The van der Waals surface area contributed by atoms with Crippen molar-refractivity contribution in [3.63, 3.8) is 0 Å². The Kier molecular flexibility index (Phi) is 7.07. The van der Waals surface area contributed by atoms with Crippen LogP contribution in [0.15, 0.2) is 29.2 Å². The molecule has 1 aromatic carbocycles. The average Bonchev–Trinajstić information content (AvgIpc) is 3.48. The van der Waals surface area contributed by atoms with Crippen LogP contribution < -0.4 is 5.32 Å². The molecule has 4 fully saturated rings. The Balaban J connectivity index is 1.34. The lowest BCUT2D eigenvalue weighted by molar-refractivity contribution is -0.152. The van der Waals surface area contributed by atoms with E-state index in [1.807, 2.05) is 11.0 Å². The largest absolute Gasteiger partial charge is 0.425 e. The van der Waals surface area contributed by atoms with E-state index in [1.165, 1.54) is 17.0 Å². The molecule has 2 aliphatic heterocycles. The van der Waals surface area contributed by atoms with Crippen molar-refractivity contribution < 1.29 is 31.5 Å². The minimum Gasteiger partial charge on any atom is -0.425 e. The number of carbonyl (C=O) groups excluding carboxylic acids is 2. The zero-order valence-electron chi connectivity index (χ0n) is 20.6. The van der Waals surface area contributed by atoms with Gasteiger partial charge in [-0.2, -0.15) is 5.26 Å². The number of alkyl halides is 2. The number of hydrogen-bond acceptors (Lipinski definition) is 7. The number of alkyl carbamates (subject to hydrolysis) is 1. The number of amides is 2. The number of rotatable bonds is 6. The van der Waals surface area contributed by atoms with Gasteiger partial charge in [0.1, 0.15) is 5.54 Å². The first-order valence-corrected chi connectivity index (χ1v) is 14.7. The summed E-state index contributed by atoms with van der Waals surface area (Å²) in [7, 11) is -3.98. The van der Waals surface area contributed by atoms with Crippen LogP contribution in [0.4, 0.5) is 13.6 Å². The highest BCUT2D eigenvalue weighted by molar-refractivity contribution is 7.92. The monoisotopic (exact) mass is 570 g/mol. The third-order valence-corrected chi connectivity index (χ3v) is 10.8. The maximum Gasteiger partial charge on any atom is 0.410 e. The average molecular weight is 571 g/mol. The van der Waals surface area contributed by atoms with E-state index >= 15 is 0 Å². The number of sulfone groups is 1. The van der Waals surface area contributed by atoms with Gasteiger partial charge in [0.05, 0.1) is 27.3 Å². The summed E-state index contributed by atoms with van der Waals surface area (Å²) < 4.78 is 59.8. The van der Waals surface area contributed by atoms with Crippen molar-refractivity contribution in [3.05, 3.63) is 29.3 Å². The lowest BCUT2D eigenvalue weighted by Gasteiger charge is -2.48. The molecule has 2 aliphatic carbocycles. The molecular weight excluding hydrogens is 542 g/mol. The molecule has 2 saturated heterocycles. The molecule has 1 N–H and O–H groups in total. The molecule has 5 rings (SSSR count). The van der Waals surface area contributed by atoms with E-state index in [4.69, 9.17) is 16.3 Å². The Morgan fingerprint density at radius 2 is 1.82 bits per heavy atom. The van der Waals surface area contributed by atoms with E-state index in [-0.39, 0.29) is 54.6 Å². The number of halogens is 3. The molecule has 0 bridgehead atoms. The van der Waals surface area contributed by atoms with Crippen LogP contribution in [-0.4, -0.2) is 78.3 Å². The topological polar surface area (TPSA) is 120 Å². The van der Waals surface area contributed by atoms with Crippen LogP contribution in [0, 0.1) is 11.3 Å². The van der Waals surface area contributed by atoms with Gasteiger partial charge in [-0.15, -0.1) is 0 Å². The van der Waals surface area contributed by atoms with Crippen molar-refractivity contribution in [2.45, 2.75) is 91.3 Å². The van der Waals surface area contributed by atoms with Gasteiger partial charge in [0.15, 0.2) is 16.1 Å². The van der Waals surface area contributed by atoms with Gasteiger partial charge in [0.2, 0.25) is 11.8 Å². The number of hydrogen-bond donors (Lipinski definition) is 1. The zero-order valence-corrected chi connectivity index (χ0v) is 22.2. The SMILES string of the molecule is N#CC1(NC(=O)O[C@H]2C[C@@H](S(=O)(=O)c3ccccc3Cl)CN2C(=O)C2CCN2C2CCC(F)(F)CC2)CC1. The van der Waals surface area contributed by atoms with Crippen LogP contribution >= 0.6 is 11.6 Å². The smallest absolute Gasteiger partial charge is 0.410 e. The van der Waals surface area contributed by atoms with Gasteiger partial charge in [0, 0.05) is 38.4 Å². The summed E-state index contributed by atoms with van der Waals surface area (Å²) in [6, 6.07) is 7.28. The van der Waals surface area contributed by atoms with E-state index in [9.17, 15) is 32.0 Å². The van der Waals surface area contributed by atoms with Crippen molar-refractivity contribution in [3.8, 4) is 6.07 Å². The lowest BCUT2D eigenvalue weighted by Crippen LogP contribution is -2.62. The summed E-state index contributed by atoms with van der Waals surface area (Å²) in [6.45, 7) is 0.374. The highest BCUT2D eigenvalue weighted by Crippen LogP contribution is 2.40. The molecule has 1 aromatic rings. The highest BCUT2D eigenvalue weighted by Gasteiger charge is 2.51. The third-order valence-electron chi connectivity index (χ3n) is 8.13. The molecular formula is C25H29ClF2N4O5S. The minimum absolute atomic E-state index is 0.0523. The fraction of sp³-hybridized carbons (Fsp3) is 0.640. The van der Waals surface area contributed by atoms with Crippen molar-refractivity contribution in [2.75, 3.05) is 13.1 Å². The first-order chi connectivity index (χ1) is 17.9. The molecule has 2 heterocycles. The molecule has 9 nitrogen and oxygen atoms in total. The van der Waals surface area contributed by atoms with E-state index in [2.05, 4.69) is 5.32 Å². The zero-order chi connectivity index (χ0) is 27.3. The summed E-state index contributed by atoms with van der Waals surface area (Å²) in [5.41, 5.74) is -0.999. The van der Waals surface area contributed by atoms with E-state index in [1.54, 1.807) is 12.1 Å². The molecule has 0 radical (unpaired) electrons. The predicted molar refractivity (Wildman–Crippen MR) is 132 cm³/mol.